The quantitative estimate of drug-likeness (QED) is 0.536. The molecule has 2 aliphatic heterocycles. The zero-order valence-corrected chi connectivity index (χ0v) is 16.5. The number of imide groups is 1. The van der Waals surface area contributed by atoms with Gasteiger partial charge in [0, 0.05) is 23.0 Å². The van der Waals surface area contributed by atoms with E-state index < -0.39 is 18.1 Å². The summed E-state index contributed by atoms with van der Waals surface area (Å²) in [6, 6.07) is 15.7. The molecule has 2 aliphatic rings. The molecule has 2 aromatic carbocycles. The van der Waals surface area contributed by atoms with Gasteiger partial charge in [-0.15, -0.1) is 0 Å². The standard InChI is InChI=1S/C23H21N3O4/c1-30-20(27)12-18-21-16(15-9-5-6-10-17(15)24-21)11-19-22(28)25(23(29)26(18)19)13-14-7-3-2-4-8-14/h2-10,18-19,24H,11-13H2,1H3/t18-,19+/m1/s1. The van der Waals surface area contributed by atoms with Gasteiger partial charge in [0.05, 0.1) is 26.1 Å². The van der Waals surface area contributed by atoms with Gasteiger partial charge in [-0.3, -0.25) is 14.5 Å². The number of para-hydroxylation sites is 1. The fourth-order valence-corrected chi connectivity index (χ4v) is 4.61. The Bertz CT molecular complexity index is 1150. The van der Waals surface area contributed by atoms with Crippen LogP contribution in [0, 0.1) is 0 Å². The normalized spacial score (nSPS) is 20.4. The molecular formula is C23H21N3O4. The van der Waals surface area contributed by atoms with E-state index in [1.807, 2.05) is 54.6 Å². The smallest absolute Gasteiger partial charge is 0.328 e. The molecule has 1 saturated heterocycles. The lowest BCUT2D eigenvalue weighted by atomic mass is 9.91. The van der Waals surface area contributed by atoms with Gasteiger partial charge in [0.1, 0.15) is 6.04 Å². The summed E-state index contributed by atoms with van der Waals surface area (Å²) in [6.45, 7) is 0.213. The molecule has 5 rings (SSSR count). The number of hydrogen-bond acceptors (Lipinski definition) is 4. The molecule has 0 spiro atoms. The second-order valence-corrected chi connectivity index (χ2v) is 7.68. The van der Waals surface area contributed by atoms with Crippen molar-refractivity contribution in [2.75, 3.05) is 7.11 Å². The third-order valence-electron chi connectivity index (χ3n) is 6.02. The minimum atomic E-state index is -0.623. The zero-order chi connectivity index (χ0) is 20.8. The van der Waals surface area contributed by atoms with E-state index in [0.717, 1.165) is 27.7 Å². The van der Waals surface area contributed by atoms with Crippen LogP contribution in [-0.4, -0.2) is 45.8 Å². The summed E-state index contributed by atoms with van der Waals surface area (Å²) in [4.78, 5) is 45.0. The molecule has 152 valence electrons. The lowest BCUT2D eigenvalue weighted by Crippen LogP contribution is -2.44. The van der Waals surface area contributed by atoms with Crippen LogP contribution in [0.4, 0.5) is 4.79 Å². The van der Waals surface area contributed by atoms with Crippen LogP contribution in [0.15, 0.2) is 54.6 Å². The molecule has 1 N–H and O–H groups in total. The van der Waals surface area contributed by atoms with Crippen LogP contribution in [-0.2, 0) is 27.3 Å². The Morgan fingerprint density at radius 3 is 2.60 bits per heavy atom. The maximum absolute atomic E-state index is 13.3. The first-order chi connectivity index (χ1) is 14.6. The third kappa shape index (κ3) is 2.77. The first-order valence-corrected chi connectivity index (χ1v) is 9.92. The largest absolute Gasteiger partial charge is 0.469 e. The van der Waals surface area contributed by atoms with Crippen LogP contribution in [0.1, 0.15) is 29.3 Å². The van der Waals surface area contributed by atoms with Gasteiger partial charge in [-0.1, -0.05) is 48.5 Å². The number of benzene rings is 2. The fourth-order valence-electron chi connectivity index (χ4n) is 4.61. The van der Waals surface area contributed by atoms with Gasteiger partial charge in [0.25, 0.3) is 5.91 Å². The highest BCUT2D eigenvalue weighted by molar-refractivity contribution is 6.05. The van der Waals surface area contributed by atoms with Crippen LogP contribution in [0.25, 0.3) is 10.9 Å². The topological polar surface area (TPSA) is 82.7 Å². The molecule has 0 unspecified atom stereocenters. The number of ether oxygens (including phenoxy) is 1. The Morgan fingerprint density at radius 1 is 1.10 bits per heavy atom. The maximum Gasteiger partial charge on any atom is 0.328 e. The molecule has 0 aliphatic carbocycles. The van der Waals surface area contributed by atoms with Crippen LogP contribution in [0.2, 0.25) is 0 Å². The monoisotopic (exact) mass is 403 g/mol. The first kappa shape index (κ1) is 18.4. The number of carbonyl (C=O) groups is 3. The van der Waals surface area contributed by atoms with Crippen molar-refractivity contribution >= 4 is 28.8 Å². The van der Waals surface area contributed by atoms with Gasteiger partial charge in [0.15, 0.2) is 0 Å². The third-order valence-corrected chi connectivity index (χ3v) is 6.02. The van der Waals surface area contributed by atoms with E-state index in [0.29, 0.717) is 6.42 Å². The fraction of sp³-hybridized carbons (Fsp3) is 0.261. The van der Waals surface area contributed by atoms with E-state index in [9.17, 15) is 14.4 Å². The summed E-state index contributed by atoms with van der Waals surface area (Å²) in [5.74, 6) is -0.651. The van der Waals surface area contributed by atoms with Crippen molar-refractivity contribution in [3.8, 4) is 0 Å². The molecule has 1 aromatic heterocycles. The van der Waals surface area contributed by atoms with Gasteiger partial charge in [-0.05, 0) is 17.2 Å². The van der Waals surface area contributed by atoms with Crippen molar-refractivity contribution in [1.29, 1.82) is 0 Å². The molecule has 7 heteroatoms. The molecule has 0 saturated carbocycles. The van der Waals surface area contributed by atoms with E-state index in [-0.39, 0.29) is 24.9 Å². The summed E-state index contributed by atoms with van der Waals surface area (Å²) < 4.78 is 4.89. The number of methoxy groups -OCH3 is 1. The summed E-state index contributed by atoms with van der Waals surface area (Å²) in [5.41, 5.74) is 3.61. The van der Waals surface area contributed by atoms with Crippen LogP contribution >= 0.6 is 0 Å². The van der Waals surface area contributed by atoms with E-state index >= 15 is 0 Å². The number of nitrogens with one attached hydrogen (secondary N) is 1. The highest BCUT2D eigenvalue weighted by Crippen LogP contribution is 2.42. The Kier molecular flexibility index (Phi) is 4.31. The molecule has 3 heterocycles. The zero-order valence-electron chi connectivity index (χ0n) is 16.5. The van der Waals surface area contributed by atoms with Crippen molar-refractivity contribution in [2.24, 2.45) is 0 Å². The van der Waals surface area contributed by atoms with Crippen LogP contribution < -0.4 is 0 Å². The number of amides is 3. The van der Waals surface area contributed by atoms with Crippen LogP contribution in [0.3, 0.4) is 0 Å². The summed E-state index contributed by atoms with van der Waals surface area (Å²) in [7, 11) is 1.33. The maximum atomic E-state index is 13.3. The number of hydrogen-bond donors (Lipinski definition) is 1. The molecule has 30 heavy (non-hydrogen) atoms. The molecule has 0 radical (unpaired) electrons. The number of esters is 1. The summed E-state index contributed by atoms with van der Waals surface area (Å²) in [5, 5.41) is 1.02. The molecular weight excluding hydrogens is 382 g/mol. The summed E-state index contributed by atoms with van der Waals surface area (Å²) in [6.07, 6.45) is 0.415. The van der Waals surface area contributed by atoms with Crippen molar-refractivity contribution in [1.82, 2.24) is 14.8 Å². The Labute approximate surface area is 173 Å². The van der Waals surface area contributed by atoms with E-state index in [4.69, 9.17) is 4.74 Å². The number of aromatic amines is 1. The van der Waals surface area contributed by atoms with E-state index in [1.165, 1.54) is 12.0 Å². The molecule has 2 atom stereocenters. The minimum Gasteiger partial charge on any atom is -0.469 e. The Morgan fingerprint density at radius 2 is 1.83 bits per heavy atom. The van der Waals surface area contributed by atoms with Crippen molar-refractivity contribution in [2.45, 2.75) is 31.5 Å². The molecule has 0 bridgehead atoms. The second kappa shape index (κ2) is 7.02. The van der Waals surface area contributed by atoms with E-state index in [1.54, 1.807) is 4.90 Å². The summed E-state index contributed by atoms with van der Waals surface area (Å²) >= 11 is 0. The predicted octanol–water partition coefficient (Wildman–Crippen LogP) is 3.16. The van der Waals surface area contributed by atoms with Gasteiger partial charge >= 0.3 is 12.0 Å². The average Bonchev–Trinajstić information content (AvgIpc) is 3.25. The van der Waals surface area contributed by atoms with Crippen molar-refractivity contribution < 1.29 is 19.1 Å². The van der Waals surface area contributed by atoms with Crippen molar-refractivity contribution in [3.63, 3.8) is 0 Å². The van der Waals surface area contributed by atoms with Gasteiger partial charge in [-0.25, -0.2) is 4.79 Å². The number of rotatable bonds is 4. The molecule has 1 fully saturated rings. The molecule has 3 amide bonds. The van der Waals surface area contributed by atoms with E-state index in [2.05, 4.69) is 4.98 Å². The Hall–Kier alpha value is -3.61. The predicted molar refractivity (Wildman–Crippen MR) is 109 cm³/mol. The molecule has 3 aromatic rings. The molecule has 7 nitrogen and oxygen atoms in total. The number of fused-ring (bicyclic) bond motifs is 4. The number of nitrogens with zero attached hydrogens (tertiary/aromatic N) is 2. The van der Waals surface area contributed by atoms with Gasteiger partial charge in [0.2, 0.25) is 0 Å². The highest BCUT2D eigenvalue weighted by atomic mass is 16.5. The van der Waals surface area contributed by atoms with Gasteiger partial charge in [-0.2, -0.15) is 0 Å². The van der Waals surface area contributed by atoms with Gasteiger partial charge < -0.3 is 14.6 Å². The SMILES string of the molecule is COC(=O)C[C@@H]1c2[nH]c3ccccc3c2C[C@H]2C(=O)N(Cc3ccccc3)C(=O)N12. The van der Waals surface area contributed by atoms with Crippen LogP contribution in [0.5, 0.6) is 0 Å². The number of carbonyl (C=O) groups excluding carboxylic acids is 3. The Balaban J connectivity index is 1.57. The highest BCUT2D eigenvalue weighted by Gasteiger charge is 2.52. The second-order valence-electron chi connectivity index (χ2n) is 7.68. The lowest BCUT2D eigenvalue weighted by molar-refractivity contribution is -0.142. The minimum absolute atomic E-state index is 0.00891. The lowest BCUT2D eigenvalue weighted by Gasteiger charge is -2.35. The number of urea groups is 1. The number of aromatic nitrogens is 1. The number of H-pyrrole nitrogens is 1. The van der Waals surface area contributed by atoms with Crippen molar-refractivity contribution in [3.05, 3.63) is 71.4 Å². The first-order valence-electron chi connectivity index (χ1n) is 9.92. The average molecular weight is 403 g/mol.